The van der Waals surface area contributed by atoms with Gasteiger partial charge in [-0.25, -0.2) is 0 Å². The first-order valence-electron chi connectivity index (χ1n) is 5.34. The Labute approximate surface area is 99.7 Å². The summed E-state index contributed by atoms with van der Waals surface area (Å²) in [5.41, 5.74) is 0. The van der Waals surface area contributed by atoms with Gasteiger partial charge in [0, 0.05) is 16.4 Å². The van der Waals surface area contributed by atoms with E-state index < -0.39 is 0 Å². The molecule has 1 aliphatic carbocycles. The van der Waals surface area contributed by atoms with E-state index in [1.54, 1.807) is 0 Å². The largest absolute Gasteiger partial charge is 0.350 e. The molecule has 0 aromatic rings. The van der Waals surface area contributed by atoms with Crippen LogP contribution in [0.3, 0.4) is 0 Å². The standard InChI is InChI=1S/C11H18INO/c1-2-3-4-11(14)13-10-7-5-9(12)6-8-10/h5,7,9-10H,2-4,6,8H2,1H3,(H,13,14). The summed E-state index contributed by atoms with van der Waals surface area (Å²) < 4.78 is 0.649. The van der Waals surface area contributed by atoms with Crippen LogP contribution in [0.1, 0.15) is 39.0 Å². The van der Waals surface area contributed by atoms with Gasteiger partial charge in [0.1, 0.15) is 0 Å². The SMILES string of the molecule is CCCCC(=O)NC1C=CC(I)CC1. The Balaban J connectivity index is 2.24. The first kappa shape index (κ1) is 12.0. The molecule has 14 heavy (non-hydrogen) atoms. The number of nitrogens with one attached hydrogen (secondary N) is 1. The summed E-state index contributed by atoms with van der Waals surface area (Å²) in [6.07, 6.45) is 9.34. The van der Waals surface area contributed by atoms with Gasteiger partial charge in [0.05, 0.1) is 0 Å². The molecule has 0 aromatic heterocycles. The maximum Gasteiger partial charge on any atom is 0.220 e. The maximum atomic E-state index is 11.4. The summed E-state index contributed by atoms with van der Waals surface area (Å²) in [7, 11) is 0. The molecule has 0 aromatic carbocycles. The molecule has 3 heteroatoms. The minimum Gasteiger partial charge on any atom is -0.350 e. The molecule has 1 aliphatic rings. The zero-order valence-electron chi connectivity index (χ0n) is 8.63. The van der Waals surface area contributed by atoms with E-state index >= 15 is 0 Å². The summed E-state index contributed by atoms with van der Waals surface area (Å²) in [5.74, 6) is 0.202. The third-order valence-electron chi connectivity index (χ3n) is 2.41. The van der Waals surface area contributed by atoms with E-state index in [2.05, 4.69) is 47.0 Å². The number of carbonyl (C=O) groups is 1. The van der Waals surface area contributed by atoms with Crippen molar-refractivity contribution < 1.29 is 4.79 Å². The molecular formula is C11H18INO. The highest BCUT2D eigenvalue weighted by atomic mass is 127. The van der Waals surface area contributed by atoms with Gasteiger partial charge >= 0.3 is 0 Å². The maximum absolute atomic E-state index is 11.4. The van der Waals surface area contributed by atoms with Gasteiger partial charge in [0.2, 0.25) is 5.91 Å². The third-order valence-corrected chi connectivity index (χ3v) is 3.45. The topological polar surface area (TPSA) is 29.1 Å². The molecule has 1 N–H and O–H groups in total. The van der Waals surface area contributed by atoms with Crippen molar-refractivity contribution in [2.24, 2.45) is 0 Å². The molecule has 0 radical (unpaired) electrons. The fraction of sp³-hybridized carbons (Fsp3) is 0.727. The van der Waals surface area contributed by atoms with E-state index in [9.17, 15) is 4.79 Å². The van der Waals surface area contributed by atoms with Crippen LogP contribution in [-0.2, 0) is 4.79 Å². The summed E-state index contributed by atoms with van der Waals surface area (Å²) in [6.45, 7) is 2.11. The van der Waals surface area contributed by atoms with Crippen molar-refractivity contribution in [2.45, 2.75) is 49.0 Å². The number of hydrogen-bond donors (Lipinski definition) is 1. The van der Waals surface area contributed by atoms with Gasteiger partial charge in [-0.3, -0.25) is 4.79 Å². The molecular weight excluding hydrogens is 289 g/mol. The van der Waals surface area contributed by atoms with Gasteiger partial charge in [-0.1, -0.05) is 48.1 Å². The van der Waals surface area contributed by atoms with Crippen LogP contribution in [0.15, 0.2) is 12.2 Å². The van der Waals surface area contributed by atoms with Crippen LogP contribution in [0.5, 0.6) is 0 Å². The molecule has 0 spiro atoms. The lowest BCUT2D eigenvalue weighted by Gasteiger charge is -2.20. The molecule has 0 heterocycles. The highest BCUT2D eigenvalue weighted by Gasteiger charge is 2.14. The van der Waals surface area contributed by atoms with Crippen molar-refractivity contribution in [3.05, 3.63) is 12.2 Å². The van der Waals surface area contributed by atoms with Gasteiger partial charge < -0.3 is 5.32 Å². The molecule has 2 nitrogen and oxygen atoms in total. The van der Waals surface area contributed by atoms with Crippen LogP contribution in [0, 0.1) is 0 Å². The molecule has 2 unspecified atom stereocenters. The fourth-order valence-electron chi connectivity index (χ4n) is 1.52. The van der Waals surface area contributed by atoms with Crippen molar-refractivity contribution in [1.29, 1.82) is 0 Å². The average Bonchev–Trinajstić information content (AvgIpc) is 2.18. The Morgan fingerprint density at radius 1 is 1.50 bits per heavy atom. The van der Waals surface area contributed by atoms with E-state index in [0.29, 0.717) is 10.3 Å². The zero-order valence-corrected chi connectivity index (χ0v) is 10.8. The second kappa shape index (κ2) is 6.43. The molecule has 0 fully saturated rings. The molecule has 0 aliphatic heterocycles. The number of alkyl halides is 1. The molecule has 2 atom stereocenters. The molecule has 0 saturated heterocycles. The Bertz CT molecular complexity index is 215. The Morgan fingerprint density at radius 3 is 2.86 bits per heavy atom. The highest BCUT2D eigenvalue weighted by Crippen LogP contribution is 2.18. The lowest BCUT2D eigenvalue weighted by atomic mass is 10.0. The number of rotatable bonds is 4. The van der Waals surface area contributed by atoms with Crippen molar-refractivity contribution >= 4 is 28.5 Å². The van der Waals surface area contributed by atoms with Crippen molar-refractivity contribution in [3.8, 4) is 0 Å². The van der Waals surface area contributed by atoms with E-state index in [1.807, 2.05) is 0 Å². The van der Waals surface area contributed by atoms with E-state index in [-0.39, 0.29) is 11.9 Å². The predicted octanol–water partition coefficient (Wildman–Crippen LogP) is 2.82. The number of amides is 1. The third kappa shape index (κ3) is 4.44. The smallest absolute Gasteiger partial charge is 0.220 e. The lowest BCUT2D eigenvalue weighted by Crippen LogP contribution is -2.35. The van der Waals surface area contributed by atoms with E-state index in [0.717, 1.165) is 19.3 Å². The highest BCUT2D eigenvalue weighted by molar-refractivity contribution is 14.1. The number of allylic oxidation sites excluding steroid dienone is 1. The van der Waals surface area contributed by atoms with Crippen molar-refractivity contribution in [2.75, 3.05) is 0 Å². The van der Waals surface area contributed by atoms with Crippen LogP contribution >= 0.6 is 22.6 Å². The Hall–Kier alpha value is -0.0600. The van der Waals surface area contributed by atoms with Crippen molar-refractivity contribution in [1.82, 2.24) is 5.32 Å². The summed E-state index contributed by atoms with van der Waals surface area (Å²) in [6, 6.07) is 0.283. The monoisotopic (exact) mass is 307 g/mol. The minimum absolute atomic E-state index is 0.202. The average molecular weight is 307 g/mol. The van der Waals surface area contributed by atoms with Crippen LogP contribution in [-0.4, -0.2) is 15.9 Å². The van der Waals surface area contributed by atoms with Crippen molar-refractivity contribution in [3.63, 3.8) is 0 Å². The second-order valence-electron chi connectivity index (χ2n) is 3.76. The van der Waals surface area contributed by atoms with Crippen LogP contribution in [0.25, 0.3) is 0 Å². The van der Waals surface area contributed by atoms with Gasteiger partial charge in [-0.05, 0) is 19.3 Å². The first-order valence-corrected chi connectivity index (χ1v) is 6.58. The molecule has 0 bridgehead atoms. The first-order chi connectivity index (χ1) is 6.72. The normalized spacial score (nSPS) is 26.1. The molecule has 1 rings (SSSR count). The summed E-state index contributed by atoms with van der Waals surface area (Å²) in [4.78, 5) is 11.4. The lowest BCUT2D eigenvalue weighted by molar-refractivity contribution is -0.121. The zero-order chi connectivity index (χ0) is 10.4. The molecule has 0 saturated carbocycles. The van der Waals surface area contributed by atoms with Gasteiger partial charge in [-0.2, -0.15) is 0 Å². The molecule has 80 valence electrons. The number of hydrogen-bond acceptors (Lipinski definition) is 1. The number of carbonyl (C=O) groups excluding carboxylic acids is 1. The van der Waals surface area contributed by atoms with Gasteiger partial charge in [0.25, 0.3) is 0 Å². The van der Waals surface area contributed by atoms with Gasteiger partial charge in [-0.15, -0.1) is 0 Å². The summed E-state index contributed by atoms with van der Waals surface area (Å²) in [5, 5.41) is 3.05. The Kier molecular flexibility index (Phi) is 5.52. The number of unbranched alkanes of at least 4 members (excludes halogenated alkanes) is 1. The quantitative estimate of drug-likeness (QED) is 0.483. The van der Waals surface area contributed by atoms with E-state index in [4.69, 9.17) is 0 Å². The predicted molar refractivity (Wildman–Crippen MR) is 67.6 cm³/mol. The van der Waals surface area contributed by atoms with Crippen LogP contribution in [0.2, 0.25) is 0 Å². The van der Waals surface area contributed by atoms with Crippen LogP contribution in [0.4, 0.5) is 0 Å². The Morgan fingerprint density at radius 2 is 2.29 bits per heavy atom. The van der Waals surface area contributed by atoms with E-state index in [1.165, 1.54) is 6.42 Å². The summed E-state index contributed by atoms with van der Waals surface area (Å²) >= 11 is 2.42. The fourth-order valence-corrected chi connectivity index (χ4v) is 2.12. The van der Waals surface area contributed by atoms with Crippen LogP contribution < -0.4 is 5.32 Å². The van der Waals surface area contributed by atoms with Gasteiger partial charge in [0.15, 0.2) is 0 Å². The minimum atomic E-state index is 0.202. The second-order valence-corrected chi connectivity index (χ2v) is 5.36. The molecule has 1 amide bonds. The number of halogens is 1.